The molecule has 33 heavy (non-hydrogen) atoms. The number of hydrogen-bond donors (Lipinski definition) is 3. The molecule has 1 atom stereocenters. The predicted molar refractivity (Wildman–Crippen MR) is 116 cm³/mol. The molecule has 0 radical (unpaired) electrons. The van der Waals surface area contributed by atoms with Gasteiger partial charge in [-0.3, -0.25) is 9.59 Å². The van der Waals surface area contributed by atoms with Crippen LogP contribution in [-0.4, -0.2) is 59.6 Å². The lowest BCUT2D eigenvalue weighted by Crippen LogP contribution is -2.59. The van der Waals surface area contributed by atoms with E-state index in [1.54, 1.807) is 35.2 Å². The summed E-state index contributed by atoms with van der Waals surface area (Å²) in [6.07, 6.45) is -5.08. The van der Waals surface area contributed by atoms with E-state index < -0.39 is 18.2 Å². The summed E-state index contributed by atoms with van der Waals surface area (Å²) in [4.78, 5) is 35.9. The molecule has 12 heteroatoms. The number of halogens is 5. The van der Waals surface area contributed by atoms with Gasteiger partial charge in [-0.15, -0.1) is 0 Å². The van der Waals surface area contributed by atoms with Crippen LogP contribution in [0.3, 0.4) is 0 Å². The second-order valence-corrected chi connectivity index (χ2v) is 7.67. The fraction of sp³-hybridized carbons (Fsp3) is 0.286. The maximum atomic E-state index is 12.8. The fourth-order valence-corrected chi connectivity index (χ4v) is 3.21. The molecule has 0 unspecified atom stereocenters. The van der Waals surface area contributed by atoms with Gasteiger partial charge in [0.2, 0.25) is 5.91 Å². The summed E-state index contributed by atoms with van der Waals surface area (Å²) in [5, 5.41) is 14.1. The first-order valence-corrected chi connectivity index (χ1v) is 10.3. The van der Waals surface area contributed by atoms with Crippen molar-refractivity contribution < 1.29 is 32.7 Å². The molecule has 1 fully saturated rings. The lowest BCUT2D eigenvalue weighted by atomic mass is 10.1. The molecule has 178 valence electrons. The Bertz CT molecular complexity index is 990. The maximum absolute atomic E-state index is 12.8. The first kappa shape index (κ1) is 26.4. The van der Waals surface area contributed by atoms with Crippen LogP contribution in [0.2, 0.25) is 10.0 Å². The van der Waals surface area contributed by atoms with Crippen molar-refractivity contribution in [2.45, 2.75) is 18.8 Å². The zero-order valence-electron chi connectivity index (χ0n) is 17.0. The molecule has 3 rings (SSSR count). The highest BCUT2D eigenvalue weighted by Gasteiger charge is 2.38. The van der Waals surface area contributed by atoms with E-state index in [9.17, 15) is 22.8 Å². The number of amides is 2. The second-order valence-electron chi connectivity index (χ2n) is 6.85. The molecule has 7 nitrogen and oxygen atoms in total. The van der Waals surface area contributed by atoms with E-state index in [0.717, 1.165) is 5.56 Å². The van der Waals surface area contributed by atoms with Crippen molar-refractivity contribution in [1.29, 1.82) is 0 Å². The van der Waals surface area contributed by atoms with E-state index in [1.165, 1.54) is 0 Å². The molecule has 3 N–H and O–H groups in total. The quantitative estimate of drug-likeness (QED) is 0.591. The van der Waals surface area contributed by atoms with Gasteiger partial charge in [0, 0.05) is 31.7 Å². The third-order valence-electron chi connectivity index (χ3n) is 4.52. The maximum Gasteiger partial charge on any atom is 0.490 e. The first-order valence-electron chi connectivity index (χ1n) is 9.59. The smallest absolute Gasteiger partial charge is 0.475 e. The summed E-state index contributed by atoms with van der Waals surface area (Å²) in [5.41, 5.74) is 1.43. The van der Waals surface area contributed by atoms with Gasteiger partial charge in [0.25, 0.3) is 5.91 Å². The van der Waals surface area contributed by atoms with E-state index in [-0.39, 0.29) is 11.8 Å². The number of carboxylic acids is 1. The Kier molecular flexibility index (Phi) is 9.51. The van der Waals surface area contributed by atoms with Crippen molar-refractivity contribution in [3.8, 4) is 0 Å². The summed E-state index contributed by atoms with van der Waals surface area (Å²) in [6, 6.07) is 13.7. The summed E-state index contributed by atoms with van der Waals surface area (Å²) in [5.74, 6) is -3.10. The van der Waals surface area contributed by atoms with Crippen LogP contribution in [-0.2, 0) is 16.1 Å². The number of carbonyl (C=O) groups is 3. The second kappa shape index (κ2) is 11.9. The van der Waals surface area contributed by atoms with Crippen LogP contribution in [0.4, 0.5) is 13.2 Å². The minimum Gasteiger partial charge on any atom is -0.475 e. The number of nitrogens with zero attached hydrogens (tertiary/aromatic N) is 1. The number of benzene rings is 2. The fourth-order valence-electron chi connectivity index (χ4n) is 2.88. The van der Waals surface area contributed by atoms with Crippen LogP contribution in [0.15, 0.2) is 48.5 Å². The van der Waals surface area contributed by atoms with Gasteiger partial charge in [0.15, 0.2) is 0 Å². The molecule has 0 saturated carbocycles. The van der Waals surface area contributed by atoms with Gasteiger partial charge in [-0.05, 0) is 29.8 Å². The minimum atomic E-state index is -5.08. The van der Waals surface area contributed by atoms with Crippen LogP contribution >= 0.6 is 23.2 Å². The topological polar surface area (TPSA) is 98.7 Å². The van der Waals surface area contributed by atoms with E-state index in [2.05, 4.69) is 10.6 Å². The Morgan fingerprint density at radius 3 is 2.30 bits per heavy atom. The number of alkyl halides is 3. The summed E-state index contributed by atoms with van der Waals surface area (Å²) >= 11 is 11.9. The van der Waals surface area contributed by atoms with Gasteiger partial charge >= 0.3 is 12.1 Å². The Hall–Kier alpha value is -2.82. The zero-order chi connectivity index (χ0) is 24.6. The third-order valence-corrected chi connectivity index (χ3v) is 5.26. The molecule has 2 aromatic rings. The minimum absolute atomic E-state index is 0.137. The first-order chi connectivity index (χ1) is 15.5. The molecular formula is C21H20Cl2F3N3O4. The normalized spacial score (nSPS) is 15.8. The van der Waals surface area contributed by atoms with Crippen LogP contribution in [0.1, 0.15) is 15.9 Å². The van der Waals surface area contributed by atoms with E-state index in [0.29, 0.717) is 41.8 Å². The van der Waals surface area contributed by atoms with E-state index in [4.69, 9.17) is 33.1 Å². The van der Waals surface area contributed by atoms with Crippen molar-refractivity contribution in [3.63, 3.8) is 0 Å². The molecular weight excluding hydrogens is 486 g/mol. The van der Waals surface area contributed by atoms with Crippen molar-refractivity contribution in [2.24, 2.45) is 0 Å². The van der Waals surface area contributed by atoms with Crippen molar-refractivity contribution in [3.05, 3.63) is 69.7 Å². The lowest BCUT2D eigenvalue weighted by molar-refractivity contribution is -0.192. The van der Waals surface area contributed by atoms with Gasteiger partial charge in [-0.25, -0.2) is 4.79 Å². The summed E-state index contributed by atoms with van der Waals surface area (Å²) in [6.45, 7) is 1.89. The number of rotatable bonds is 4. The summed E-state index contributed by atoms with van der Waals surface area (Å²) < 4.78 is 31.7. The molecule has 0 bridgehead atoms. The van der Waals surface area contributed by atoms with Crippen molar-refractivity contribution in [1.82, 2.24) is 15.5 Å². The molecule has 1 saturated heterocycles. The highest BCUT2D eigenvalue weighted by molar-refractivity contribution is 6.42. The van der Waals surface area contributed by atoms with Crippen LogP contribution < -0.4 is 10.6 Å². The number of piperazine rings is 1. The average molecular weight is 506 g/mol. The monoisotopic (exact) mass is 505 g/mol. The highest BCUT2D eigenvalue weighted by Crippen LogP contribution is 2.22. The van der Waals surface area contributed by atoms with Gasteiger partial charge in [0.1, 0.15) is 6.04 Å². The SMILES string of the molecule is O=C(NCc1ccc(Cl)c(Cl)c1)[C@H]1CNCCN1C(=O)c1ccccc1.O=C(O)C(F)(F)F. The predicted octanol–water partition coefficient (Wildman–Crippen LogP) is 3.36. The average Bonchev–Trinajstić information content (AvgIpc) is 2.79. The molecule has 2 aromatic carbocycles. The van der Waals surface area contributed by atoms with E-state index in [1.807, 2.05) is 18.2 Å². The molecule has 2 amide bonds. The number of carbonyl (C=O) groups excluding carboxylic acids is 2. The molecule has 1 heterocycles. The highest BCUT2D eigenvalue weighted by atomic mass is 35.5. The molecule has 0 spiro atoms. The van der Waals surface area contributed by atoms with Crippen LogP contribution in [0, 0.1) is 0 Å². The Morgan fingerprint density at radius 1 is 1.09 bits per heavy atom. The standard InChI is InChI=1S/C19H19Cl2N3O2.C2HF3O2/c20-15-7-6-13(10-16(15)21)11-23-18(25)17-12-22-8-9-24(17)19(26)14-4-2-1-3-5-14;3-2(4,5)1(6)7/h1-7,10,17,22H,8-9,11-12H2,(H,23,25);(H,6,7)/t17-;/m1./s1. The summed E-state index contributed by atoms with van der Waals surface area (Å²) in [7, 11) is 0. The Labute approximate surface area is 197 Å². The molecule has 1 aliphatic heterocycles. The number of hydrogen-bond acceptors (Lipinski definition) is 4. The van der Waals surface area contributed by atoms with Gasteiger partial charge in [-0.1, -0.05) is 47.5 Å². The largest absolute Gasteiger partial charge is 0.490 e. The van der Waals surface area contributed by atoms with Crippen LogP contribution in [0.5, 0.6) is 0 Å². The van der Waals surface area contributed by atoms with Gasteiger partial charge < -0.3 is 20.6 Å². The lowest BCUT2D eigenvalue weighted by Gasteiger charge is -2.35. The number of carboxylic acid groups (broad SMARTS) is 1. The molecule has 1 aliphatic rings. The number of nitrogens with one attached hydrogen (secondary N) is 2. The van der Waals surface area contributed by atoms with Crippen LogP contribution in [0.25, 0.3) is 0 Å². The van der Waals surface area contributed by atoms with Crippen molar-refractivity contribution in [2.75, 3.05) is 19.6 Å². The zero-order valence-corrected chi connectivity index (χ0v) is 18.5. The van der Waals surface area contributed by atoms with Gasteiger partial charge in [-0.2, -0.15) is 13.2 Å². The molecule has 0 aromatic heterocycles. The Morgan fingerprint density at radius 2 is 1.73 bits per heavy atom. The number of aliphatic carboxylic acids is 1. The molecule has 0 aliphatic carbocycles. The Balaban J connectivity index is 0.000000479. The van der Waals surface area contributed by atoms with Crippen molar-refractivity contribution >= 4 is 41.0 Å². The third kappa shape index (κ3) is 7.92. The van der Waals surface area contributed by atoms with E-state index >= 15 is 0 Å². The van der Waals surface area contributed by atoms with Gasteiger partial charge in [0.05, 0.1) is 10.0 Å².